The highest BCUT2D eigenvalue weighted by molar-refractivity contribution is 9.10. The van der Waals surface area contributed by atoms with Crippen LogP contribution in [0.4, 0.5) is 10.1 Å². The third-order valence-electron chi connectivity index (χ3n) is 2.35. The zero-order chi connectivity index (χ0) is 13.1. The Morgan fingerprint density at radius 2 is 2.11 bits per heavy atom. The lowest BCUT2D eigenvalue weighted by molar-refractivity contribution is 0.102. The van der Waals surface area contributed by atoms with E-state index in [-0.39, 0.29) is 11.7 Å². The van der Waals surface area contributed by atoms with Gasteiger partial charge in [0.05, 0.1) is 10.0 Å². The Hall–Kier alpha value is -1.75. The van der Waals surface area contributed by atoms with Gasteiger partial charge in [-0.2, -0.15) is 0 Å². The number of aromatic nitrogens is 1. The van der Waals surface area contributed by atoms with Crippen LogP contribution in [0.3, 0.4) is 0 Å². The summed E-state index contributed by atoms with van der Waals surface area (Å²) in [6, 6.07) is 7.74. The summed E-state index contributed by atoms with van der Waals surface area (Å²) in [6.45, 7) is 1.85. The van der Waals surface area contributed by atoms with Crippen LogP contribution in [-0.2, 0) is 0 Å². The summed E-state index contributed by atoms with van der Waals surface area (Å²) in [5, 5.41) is 2.67. The van der Waals surface area contributed by atoms with Crippen molar-refractivity contribution in [3.8, 4) is 0 Å². The fourth-order valence-electron chi connectivity index (χ4n) is 1.38. The first-order valence-corrected chi connectivity index (χ1v) is 6.04. The van der Waals surface area contributed by atoms with Gasteiger partial charge in [0.15, 0.2) is 0 Å². The minimum atomic E-state index is -0.370. The van der Waals surface area contributed by atoms with Gasteiger partial charge in [0.2, 0.25) is 0 Å². The van der Waals surface area contributed by atoms with Gasteiger partial charge in [0.1, 0.15) is 5.82 Å². The van der Waals surface area contributed by atoms with Crippen LogP contribution < -0.4 is 5.32 Å². The molecule has 0 unspecified atom stereocenters. The van der Waals surface area contributed by atoms with Crippen LogP contribution in [-0.4, -0.2) is 10.9 Å². The maximum Gasteiger partial charge on any atom is 0.257 e. The Morgan fingerprint density at radius 3 is 2.72 bits per heavy atom. The van der Waals surface area contributed by atoms with Gasteiger partial charge >= 0.3 is 0 Å². The zero-order valence-electron chi connectivity index (χ0n) is 9.58. The number of benzene rings is 1. The molecule has 0 radical (unpaired) electrons. The number of carbonyl (C=O) groups excluding carboxylic acids is 1. The molecule has 18 heavy (non-hydrogen) atoms. The average Bonchev–Trinajstić information content (AvgIpc) is 2.34. The van der Waals surface area contributed by atoms with Gasteiger partial charge in [-0.25, -0.2) is 4.39 Å². The van der Waals surface area contributed by atoms with Gasteiger partial charge in [0.25, 0.3) is 5.91 Å². The first-order valence-electron chi connectivity index (χ1n) is 5.25. The molecule has 0 aliphatic heterocycles. The summed E-state index contributed by atoms with van der Waals surface area (Å²) in [7, 11) is 0. The fourth-order valence-corrected chi connectivity index (χ4v) is 1.76. The molecular weight excluding hydrogens is 299 g/mol. The van der Waals surface area contributed by atoms with Crippen LogP contribution in [0.15, 0.2) is 41.0 Å². The minimum absolute atomic E-state index is 0.277. The van der Waals surface area contributed by atoms with E-state index in [1.807, 2.05) is 6.92 Å². The third-order valence-corrected chi connectivity index (χ3v) is 2.96. The normalized spacial score (nSPS) is 10.2. The third kappa shape index (κ3) is 2.92. The number of rotatable bonds is 2. The smallest absolute Gasteiger partial charge is 0.257 e. The monoisotopic (exact) mass is 308 g/mol. The highest BCUT2D eigenvalue weighted by Gasteiger charge is 2.07. The molecule has 92 valence electrons. The molecule has 0 spiro atoms. The van der Waals surface area contributed by atoms with Crippen molar-refractivity contribution in [1.82, 2.24) is 4.98 Å². The predicted octanol–water partition coefficient (Wildman–Crippen LogP) is 3.54. The van der Waals surface area contributed by atoms with Gasteiger partial charge in [-0.3, -0.25) is 9.78 Å². The van der Waals surface area contributed by atoms with Crippen LogP contribution in [0.1, 0.15) is 16.1 Å². The van der Waals surface area contributed by atoms with Crippen LogP contribution in [0.2, 0.25) is 0 Å². The van der Waals surface area contributed by atoms with Crippen molar-refractivity contribution < 1.29 is 9.18 Å². The second-order valence-corrected chi connectivity index (χ2v) is 4.63. The summed E-state index contributed by atoms with van der Waals surface area (Å²) >= 11 is 3.06. The van der Waals surface area contributed by atoms with Crippen molar-refractivity contribution in [3.63, 3.8) is 0 Å². The van der Waals surface area contributed by atoms with Crippen LogP contribution in [0.25, 0.3) is 0 Å². The highest BCUT2D eigenvalue weighted by atomic mass is 79.9. The standard InChI is InChI=1S/C13H10BrFN2O/c1-8-2-3-9(7-16-8)13(18)17-10-4-5-12(15)11(14)6-10/h2-7H,1H3,(H,17,18). The van der Waals surface area contributed by atoms with Gasteiger partial charge in [0, 0.05) is 17.6 Å². The lowest BCUT2D eigenvalue weighted by atomic mass is 10.2. The van der Waals surface area contributed by atoms with Crippen LogP contribution in [0.5, 0.6) is 0 Å². The topological polar surface area (TPSA) is 42.0 Å². The number of nitrogens with zero attached hydrogens (tertiary/aromatic N) is 1. The molecule has 3 nitrogen and oxygen atoms in total. The summed E-state index contributed by atoms with van der Waals surface area (Å²) < 4.78 is 13.3. The van der Waals surface area contributed by atoms with Gasteiger partial charge in [-0.1, -0.05) is 0 Å². The number of carbonyl (C=O) groups is 1. The van der Waals surface area contributed by atoms with E-state index in [1.165, 1.54) is 24.4 Å². The lowest BCUT2D eigenvalue weighted by Crippen LogP contribution is -2.12. The Bertz CT molecular complexity index is 584. The van der Waals surface area contributed by atoms with Crippen molar-refractivity contribution in [3.05, 3.63) is 58.1 Å². The summed E-state index contributed by atoms with van der Waals surface area (Å²) in [6.07, 6.45) is 1.50. The van der Waals surface area contributed by atoms with E-state index in [4.69, 9.17) is 0 Å². The number of nitrogens with one attached hydrogen (secondary N) is 1. The molecular formula is C13H10BrFN2O. The van der Waals surface area contributed by atoms with E-state index < -0.39 is 0 Å². The van der Waals surface area contributed by atoms with E-state index in [1.54, 1.807) is 12.1 Å². The minimum Gasteiger partial charge on any atom is -0.322 e. The SMILES string of the molecule is Cc1ccc(C(=O)Nc2ccc(F)c(Br)c2)cn1. The molecule has 1 aromatic heterocycles. The molecule has 1 N–H and O–H groups in total. The molecule has 2 aromatic rings. The average molecular weight is 309 g/mol. The van der Waals surface area contributed by atoms with Gasteiger partial charge in [-0.05, 0) is 53.2 Å². The molecule has 0 bridgehead atoms. The molecule has 0 aliphatic rings. The van der Waals surface area contributed by atoms with Gasteiger partial charge < -0.3 is 5.32 Å². The van der Waals surface area contributed by atoms with Crippen molar-refractivity contribution in [2.24, 2.45) is 0 Å². The molecule has 0 aliphatic carbocycles. The molecule has 1 aromatic carbocycles. The maximum atomic E-state index is 13.0. The molecule has 0 saturated carbocycles. The molecule has 0 atom stereocenters. The quantitative estimate of drug-likeness (QED) is 0.922. The van der Waals surface area contributed by atoms with E-state index in [9.17, 15) is 9.18 Å². The van der Waals surface area contributed by atoms with Crippen molar-refractivity contribution in [2.45, 2.75) is 6.92 Å². The van der Waals surface area contributed by atoms with Crippen molar-refractivity contribution >= 4 is 27.5 Å². The van der Waals surface area contributed by atoms with E-state index in [0.29, 0.717) is 15.7 Å². The lowest BCUT2D eigenvalue weighted by Gasteiger charge is -2.06. The van der Waals surface area contributed by atoms with E-state index in [2.05, 4.69) is 26.2 Å². The molecule has 0 fully saturated rings. The molecule has 1 heterocycles. The summed E-state index contributed by atoms with van der Waals surface area (Å²) in [5.41, 5.74) is 1.82. The number of amides is 1. The number of pyridine rings is 1. The number of aryl methyl sites for hydroxylation is 1. The number of halogens is 2. The predicted molar refractivity (Wildman–Crippen MR) is 71.0 cm³/mol. The number of anilines is 1. The first-order chi connectivity index (χ1) is 8.56. The molecule has 1 amide bonds. The Kier molecular flexibility index (Phi) is 3.72. The summed E-state index contributed by atoms with van der Waals surface area (Å²) in [4.78, 5) is 15.9. The Labute approximate surface area is 112 Å². The molecule has 5 heteroatoms. The van der Waals surface area contributed by atoms with Crippen molar-refractivity contribution in [1.29, 1.82) is 0 Å². The number of hydrogen-bond donors (Lipinski definition) is 1. The van der Waals surface area contributed by atoms with E-state index >= 15 is 0 Å². The summed E-state index contributed by atoms with van der Waals surface area (Å²) in [5.74, 6) is -0.647. The Morgan fingerprint density at radius 1 is 1.33 bits per heavy atom. The fraction of sp³-hybridized carbons (Fsp3) is 0.0769. The van der Waals surface area contributed by atoms with Gasteiger partial charge in [-0.15, -0.1) is 0 Å². The highest BCUT2D eigenvalue weighted by Crippen LogP contribution is 2.20. The van der Waals surface area contributed by atoms with E-state index in [0.717, 1.165) is 5.69 Å². The maximum absolute atomic E-state index is 13.0. The first kappa shape index (κ1) is 12.7. The number of hydrogen-bond acceptors (Lipinski definition) is 2. The van der Waals surface area contributed by atoms with Crippen LogP contribution in [0, 0.1) is 12.7 Å². The largest absolute Gasteiger partial charge is 0.322 e. The molecule has 2 rings (SSSR count). The second kappa shape index (κ2) is 5.27. The Balaban J connectivity index is 2.16. The second-order valence-electron chi connectivity index (χ2n) is 3.77. The van der Waals surface area contributed by atoms with Crippen molar-refractivity contribution in [2.75, 3.05) is 5.32 Å². The zero-order valence-corrected chi connectivity index (χ0v) is 11.2. The van der Waals surface area contributed by atoms with Crippen LogP contribution >= 0.6 is 15.9 Å². The molecule has 0 saturated heterocycles.